The van der Waals surface area contributed by atoms with E-state index in [0.717, 1.165) is 15.9 Å². The number of benzene rings is 1. The molecule has 2 aromatic heterocycles. The van der Waals surface area contributed by atoms with E-state index in [1.807, 2.05) is 30.7 Å². The second-order valence-corrected chi connectivity index (χ2v) is 7.45. The van der Waals surface area contributed by atoms with Crippen molar-refractivity contribution in [2.75, 3.05) is 6.54 Å². The van der Waals surface area contributed by atoms with Crippen LogP contribution in [0.4, 0.5) is 0 Å². The fraction of sp³-hybridized carbons (Fsp3) is 0.316. The molecular weight excluding hydrogens is 448 g/mol. The van der Waals surface area contributed by atoms with Crippen LogP contribution in [0.2, 0.25) is 5.02 Å². The highest BCUT2D eigenvalue weighted by Gasteiger charge is 2.20. The second kappa shape index (κ2) is 8.79. The Morgan fingerprint density at radius 3 is 2.75 bits per heavy atom. The molecule has 28 heavy (non-hydrogen) atoms. The summed E-state index contributed by atoms with van der Waals surface area (Å²) in [6.45, 7) is 6.72. The molecule has 0 spiro atoms. The highest BCUT2D eigenvalue weighted by molar-refractivity contribution is 9.10. The molecule has 0 unspecified atom stereocenters. The number of para-hydroxylation sites is 1. The maximum absolute atomic E-state index is 12.6. The highest BCUT2D eigenvalue weighted by Crippen LogP contribution is 2.25. The molecule has 0 aliphatic heterocycles. The zero-order valence-corrected chi connectivity index (χ0v) is 18.1. The van der Waals surface area contributed by atoms with Crippen molar-refractivity contribution in [2.24, 2.45) is 0 Å². The van der Waals surface area contributed by atoms with E-state index in [1.165, 1.54) is 0 Å². The van der Waals surface area contributed by atoms with Crippen LogP contribution in [0.5, 0.6) is 5.75 Å². The molecule has 0 aliphatic carbocycles. The van der Waals surface area contributed by atoms with Crippen LogP contribution in [-0.4, -0.2) is 27.4 Å². The predicted octanol–water partition coefficient (Wildman–Crippen LogP) is 4.22. The van der Waals surface area contributed by atoms with E-state index in [4.69, 9.17) is 20.9 Å². The molecule has 0 fully saturated rings. The molecule has 1 aromatic carbocycles. The first kappa shape index (κ1) is 20.4. The summed E-state index contributed by atoms with van der Waals surface area (Å²) in [4.78, 5) is 12.6. The molecule has 3 rings (SSSR count). The van der Waals surface area contributed by atoms with Crippen molar-refractivity contribution in [1.82, 2.24) is 20.3 Å². The Kier molecular flexibility index (Phi) is 6.41. The highest BCUT2D eigenvalue weighted by atomic mass is 79.9. The van der Waals surface area contributed by atoms with Crippen LogP contribution in [0.15, 0.2) is 33.3 Å². The van der Waals surface area contributed by atoms with Gasteiger partial charge in [0.15, 0.2) is 5.69 Å². The van der Waals surface area contributed by atoms with Crippen molar-refractivity contribution >= 4 is 33.4 Å². The first-order valence-electron chi connectivity index (χ1n) is 8.68. The number of aryl methyl sites for hydroxylation is 2. The summed E-state index contributed by atoms with van der Waals surface area (Å²) in [6, 6.07) is 7.15. The van der Waals surface area contributed by atoms with Gasteiger partial charge in [-0.15, -0.1) is 0 Å². The molecule has 3 aromatic rings. The molecule has 0 saturated carbocycles. The van der Waals surface area contributed by atoms with E-state index in [0.29, 0.717) is 35.2 Å². The molecule has 1 N–H and O–H groups in total. The Morgan fingerprint density at radius 2 is 2.07 bits per heavy atom. The Balaban J connectivity index is 1.62. The molecule has 148 valence electrons. The number of halogens is 2. The molecular formula is C19H20BrClN4O3. The molecule has 9 heteroatoms. The van der Waals surface area contributed by atoms with Crippen molar-refractivity contribution in [3.63, 3.8) is 0 Å². The second-order valence-electron chi connectivity index (χ2n) is 6.25. The number of carbonyl (C=O) groups excluding carboxylic acids is 1. The smallest absolute Gasteiger partial charge is 0.273 e. The van der Waals surface area contributed by atoms with E-state index in [1.54, 1.807) is 19.1 Å². The van der Waals surface area contributed by atoms with Crippen LogP contribution in [0.25, 0.3) is 0 Å². The number of hydrogen-bond acceptors (Lipinski definition) is 5. The van der Waals surface area contributed by atoms with Crippen molar-refractivity contribution < 1.29 is 14.1 Å². The minimum Gasteiger partial charge on any atom is -0.487 e. The molecule has 1 amide bonds. The molecule has 0 atom stereocenters. The minimum absolute atomic E-state index is 0.131. The average molecular weight is 468 g/mol. The average Bonchev–Trinajstić information content (AvgIpc) is 3.16. The summed E-state index contributed by atoms with van der Waals surface area (Å²) in [5.74, 6) is 0.737. The van der Waals surface area contributed by atoms with Gasteiger partial charge in [-0.25, -0.2) is 0 Å². The molecule has 0 saturated heterocycles. The molecule has 7 nitrogen and oxygen atoms in total. The van der Waals surface area contributed by atoms with Crippen molar-refractivity contribution in [3.8, 4) is 5.75 Å². The van der Waals surface area contributed by atoms with Crippen molar-refractivity contribution in [2.45, 2.75) is 33.9 Å². The van der Waals surface area contributed by atoms with Gasteiger partial charge in [0.25, 0.3) is 5.91 Å². The van der Waals surface area contributed by atoms with Gasteiger partial charge in [-0.05, 0) is 48.8 Å². The van der Waals surface area contributed by atoms with Crippen LogP contribution in [-0.2, 0) is 13.2 Å². The van der Waals surface area contributed by atoms with Crippen LogP contribution >= 0.6 is 27.5 Å². The van der Waals surface area contributed by atoms with E-state index in [2.05, 4.69) is 31.5 Å². The van der Waals surface area contributed by atoms with Gasteiger partial charge in [0.05, 0.1) is 27.3 Å². The lowest BCUT2D eigenvalue weighted by Gasteiger charge is -2.09. The largest absolute Gasteiger partial charge is 0.487 e. The van der Waals surface area contributed by atoms with Crippen LogP contribution in [0.1, 0.15) is 33.2 Å². The fourth-order valence-corrected chi connectivity index (χ4v) is 3.18. The molecule has 2 heterocycles. The van der Waals surface area contributed by atoms with Gasteiger partial charge in [0.2, 0.25) is 0 Å². The third-order valence-electron chi connectivity index (χ3n) is 4.31. The third kappa shape index (κ3) is 4.39. The number of hydrogen-bond donors (Lipinski definition) is 1. The maximum Gasteiger partial charge on any atom is 0.273 e. The Labute approximate surface area is 176 Å². The number of carbonyl (C=O) groups is 1. The number of ether oxygens (including phenoxy) is 1. The van der Waals surface area contributed by atoms with E-state index in [-0.39, 0.29) is 18.2 Å². The lowest BCUT2D eigenvalue weighted by atomic mass is 10.2. The zero-order chi connectivity index (χ0) is 20.3. The molecule has 0 radical (unpaired) electrons. The van der Waals surface area contributed by atoms with Gasteiger partial charge in [0, 0.05) is 12.2 Å². The summed E-state index contributed by atoms with van der Waals surface area (Å²) in [6.07, 6.45) is 0. The number of amides is 1. The number of nitrogens with one attached hydrogen (secondary N) is 1. The third-order valence-corrected chi connectivity index (χ3v) is 5.77. The minimum atomic E-state index is -0.324. The summed E-state index contributed by atoms with van der Waals surface area (Å²) < 4.78 is 13.7. The quantitative estimate of drug-likeness (QED) is 0.562. The van der Waals surface area contributed by atoms with Gasteiger partial charge in [-0.2, -0.15) is 5.10 Å². The predicted molar refractivity (Wildman–Crippen MR) is 109 cm³/mol. The summed E-state index contributed by atoms with van der Waals surface area (Å²) in [5.41, 5.74) is 2.72. The normalized spacial score (nSPS) is 10.9. The van der Waals surface area contributed by atoms with Crippen LogP contribution in [0, 0.1) is 20.8 Å². The topological polar surface area (TPSA) is 82.2 Å². The molecule has 0 aliphatic rings. The fourth-order valence-electron chi connectivity index (χ4n) is 2.70. The van der Waals surface area contributed by atoms with Crippen molar-refractivity contribution in [3.05, 3.63) is 62.2 Å². The first-order chi connectivity index (χ1) is 13.4. The van der Waals surface area contributed by atoms with Gasteiger partial charge in [0.1, 0.15) is 18.1 Å². The summed E-state index contributed by atoms with van der Waals surface area (Å²) in [5, 5.41) is 11.7. The van der Waals surface area contributed by atoms with Gasteiger partial charge in [-0.3, -0.25) is 9.48 Å². The Bertz CT molecular complexity index is 999. The monoisotopic (exact) mass is 466 g/mol. The number of rotatable bonds is 7. The lowest BCUT2D eigenvalue weighted by molar-refractivity contribution is 0.0940. The van der Waals surface area contributed by atoms with Gasteiger partial charge in [-0.1, -0.05) is 28.9 Å². The molecule has 0 bridgehead atoms. The van der Waals surface area contributed by atoms with Crippen LogP contribution < -0.4 is 10.1 Å². The maximum atomic E-state index is 12.6. The number of nitrogens with zero attached hydrogens (tertiary/aromatic N) is 3. The summed E-state index contributed by atoms with van der Waals surface area (Å²) in [7, 11) is 0. The van der Waals surface area contributed by atoms with E-state index >= 15 is 0 Å². The lowest BCUT2D eigenvalue weighted by Crippen LogP contribution is -2.29. The van der Waals surface area contributed by atoms with Gasteiger partial charge >= 0.3 is 0 Å². The zero-order valence-electron chi connectivity index (χ0n) is 15.8. The van der Waals surface area contributed by atoms with E-state index < -0.39 is 0 Å². The summed E-state index contributed by atoms with van der Waals surface area (Å²) >= 11 is 9.60. The first-order valence-corrected chi connectivity index (χ1v) is 9.85. The standard InChI is InChI=1S/C19H20BrClN4O3/c1-11-17(20)12(2)25(23-11)9-8-22-19(26)18-14(13(3)28-24-18)10-27-16-7-5-4-6-15(16)21/h4-7H,8-10H2,1-3H3,(H,22,26). The SMILES string of the molecule is Cc1nn(CCNC(=O)c2noc(C)c2COc2ccccc2Cl)c(C)c1Br. The van der Waals surface area contributed by atoms with E-state index in [9.17, 15) is 4.79 Å². The Morgan fingerprint density at radius 1 is 1.32 bits per heavy atom. The Hall–Kier alpha value is -2.32. The van der Waals surface area contributed by atoms with Crippen LogP contribution in [0.3, 0.4) is 0 Å². The van der Waals surface area contributed by atoms with Gasteiger partial charge < -0.3 is 14.6 Å². The van der Waals surface area contributed by atoms with Crippen molar-refractivity contribution in [1.29, 1.82) is 0 Å². The number of aromatic nitrogens is 3.